The topological polar surface area (TPSA) is 47.9 Å². The summed E-state index contributed by atoms with van der Waals surface area (Å²) in [5.74, 6) is 0.525. The van der Waals surface area contributed by atoms with Crippen LogP contribution in [-0.2, 0) is 16.1 Å². The first-order valence-electron chi connectivity index (χ1n) is 9.25. The van der Waals surface area contributed by atoms with E-state index in [0.29, 0.717) is 18.3 Å². The zero-order valence-electron chi connectivity index (χ0n) is 16.1. The summed E-state index contributed by atoms with van der Waals surface area (Å²) < 4.78 is 13.6. The molecule has 0 amide bonds. The second kappa shape index (κ2) is 9.14. The largest absolute Gasteiger partial charge is 0.488 e. The van der Waals surface area contributed by atoms with Crippen molar-refractivity contribution in [1.29, 1.82) is 0 Å². The molecule has 4 nitrogen and oxygen atoms in total. The highest BCUT2D eigenvalue weighted by Gasteiger charge is 2.24. The van der Waals surface area contributed by atoms with Gasteiger partial charge in [-0.1, -0.05) is 46.3 Å². The number of carbonyl (C=O) groups is 1. The molecule has 30 heavy (non-hydrogen) atoms. The Morgan fingerprint density at radius 3 is 2.63 bits per heavy atom. The molecule has 0 fully saturated rings. The van der Waals surface area contributed by atoms with Crippen LogP contribution in [0.4, 0.5) is 0 Å². The molecular formula is C24H17BrINO3. The molecule has 0 aromatic heterocycles. The minimum absolute atomic E-state index is 0.251. The van der Waals surface area contributed by atoms with Gasteiger partial charge in [0.2, 0.25) is 5.90 Å². The number of esters is 1. The van der Waals surface area contributed by atoms with Crippen LogP contribution in [0.1, 0.15) is 22.3 Å². The number of rotatable bonds is 5. The number of carbonyl (C=O) groups excluding carboxylic acids is 1. The number of hydrogen-bond acceptors (Lipinski definition) is 4. The third-order valence-electron chi connectivity index (χ3n) is 4.54. The van der Waals surface area contributed by atoms with Gasteiger partial charge in [0, 0.05) is 19.2 Å². The predicted molar refractivity (Wildman–Crippen MR) is 129 cm³/mol. The summed E-state index contributed by atoms with van der Waals surface area (Å²) in [6.07, 6.45) is 1.70. The minimum Gasteiger partial charge on any atom is -0.488 e. The first kappa shape index (κ1) is 20.8. The lowest BCUT2D eigenvalue weighted by molar-refractivity contribution is -0.129. The fourth-order valence-electron chi connectivity index (χ4n) is 2.93. The Labute approximate surface area is 196 Å². The van der Waals surface area contributed by atoms with E-state index in [1.807, 2.05) is 73.7 Å². The predicted octanol–water partition coefficient (Wildman–Crippen LogP) is 6.29. The number of hydrogen-bond donors (Lipinski definition) is 0. The first-order chi connectivity index (χ1) is 14.5. The average Bonchev–Trinajstić information content (AvgIpc) is 3.11. The van der Waals surface area contributed by atoms with Crippen LogP contribution < -0.4 is 4.74 Å². The van der Waals surface area contributed by atoms with E-state index < -0.39 is 5.97 Å². The van der Waals surface area contributed by atoms with Gasteiger partial charge >= 0.3 is 5.97 Å². The van der Waals surface area contributed by atoms with Crippen molar-refractivity contribution < 1.29 is 14.3 Å². The second-order valence-corrected chi connectivity index (χ2v) is 8.83. The summed E-state index contributed by atoms with van der Waals surface area (Å²) in [7, 11) is 0. The number of aliphatic imine (C=N–C) groups is 1. The molecule has 0 aliphatic carbocycles. The van der Waals surface area contributed by atoms with E-state index in [2.05, 4.69) is 43.5 Å². The molecular weight excluding hydrogens is 557 g/mol. The van der Waals surface area contributed by atoms with Gasteiger partial charge in [-0.3, -0.25) is 0 Å². The van der Waals surface area contributed by atoms with Gasteiger partial charge in [-0.25, -0.2) is 9.79 Å². The molecule has 4 rings (SSSR count). The lowest BCUT2D eigenvalue weighted by Gasteiger charge is -2.09. The molecule has 0 unspecified atom stereocenters. The number of ether oxygens (including phenoxy) is 2. The van der Waals surface area contributed by atoms with Crippen molar-refractivity contribution in [3.05, 3.63) is 103 Å². The number of halogens is 2. The molecule has 150 valence electrons. The Balaban J connectivity index is 1.58. The fourth-order valence-corrected chi connectivity index (χ4v) is 3.53. The van der Waals surface area contributed by atoms with Crippen LogP contribution in [0.25, 0.3) is 6.08 Å². The van der Waals surface area contributed by atoms with Crippen LogP contribution in [0, 0.1) is 10.5 Å². The van der Waals surface area contributed by atoms with Gasteiger partial charge in [0.05, 0.1) is 0 Å². The standard InChI is InChI=1S/C24H17BrINO3/c1-15-12-18(8-11-20(15)26)23-27-21(24(28)30-23)13-17-4-2-3-5-22(17)29-14-16-6-9-19(25)10-7-16/h2-13H,14H2,1H3/b21-13-. The maximum absolute atomic E-state index is 12.4. The number of aryl methyl sites for hydroxylation is 1. The van der Waals surface area contributed by atoms with E-state index in [1.165, 1.54) is 0 Å². The SMILES string of the molecule is Cc1cc(C2=N/C(=C\c3ccccc3OCc3ccc(Br)cc3)C(=O)O2)ccc1I. The molecule has 3 aromatic rings. The summed E-state index contributed by atoms with van der Waals surface area (Å²) in [5, 5.41) is 0. The second-order valence-electron chi connectivity index (χ2n) is 6.75. The molecule has 0 spiro atoms. The van der Waals surface area contributed by atoms with Gasteiger partial charge in [0.15, 0.2) is 5.70 Å². The molecule has 0 bridgehead atoms. The van der Waals surface area contributed by atoms with Gasteiger partial charge in [0.1, 0.15) is 12.4 Å². The molecule has 0 saturated carbocycles. The van der Waals surface area contributed by atoms with Crippen molar-refractivity contribution in [2.24, 2.45) is 4.99 Å². The average molecular weight is 574 g/mol. The highest BCUT2D eigenvalue weighted by atomic mass is 127. The molecule has 1 heterocycles. The molecule has 0 N–H and O–H groups in total. The normalized spacial score (nSPS) is 14.6. The smallest absolute Gasteiger partial charge is 0.363 e. The molecule has 1 aliphatic rings. The van der Waals surface area contributed by atoms with Crippen molar-refractivity contribution in [1.82, 2.24) is 0 Å². The fraction of sp³-hybridized carbons (Fsp3) is 0.0833. The van der Waals surface area contributed by atoms with Crippen LogP contribution >= 0.6 is 38.5 Å². The Morgan fingerprint density at radius 1 is 1.10 bits per heavy atom. The van der Waals surface area contributed by atoms with E-state index in [4.69, 9.17) is 9.47 Å². The maximum Gasteiger partial charge on any atom is 0.363 e. The third-order valence-corrected chi connectivity index (χ3v) is 6.28. The maximum atomic E-state index is 12.4. The lowest BCUT2D eigenvalue weighted by atomic mass is 10.1. The number of nitrogens with zero attached hydrogens (tertiary/aromatic N) is 1. The molecule has 6 heteroatoms. The van der Waals surface area contributed by atoms with Crippen LogP contribution in [0.5, 0.6) is 5.75 Å². The summed E-state index contributed by atoms with van der Waals surface area (Å²) in [6, 6.07) is 21.4. The van der Waals surface area contributed by atoms with Gasteiger partial charge in [-0.15, -0.1) is 0 Å². The van der Waals surface area contributed by atoms with Crippen LogP contribution in [0.15, 0.2) is 81.9 Å². The molecule has 0 radical (unpaired) electrons. The summed E-state index contributed by atoms with van der Waals surface area (Å²) in [6.45, 7) is 2.44. The van der Waals surface area contributed by atoms with Crippen LogP contribution in [-0.4, -0.2) is 11.9 Å². The van der Waals surface area contributed by atoms with E-state index in [9.17, 15) is 4.79 Å². The summed E-state index contributed by atoms with van der Waals surface area (Å²) in [4.78, 5) is 16.8. The Kier molecular flexibility index (Phi) is 6.34. The Bertz CT molecular complexity index is 1170. The van der Waals surface area contributed by atoms with Crippen molar-refractivity contribution in [2.45, 2.75) is 13.5 Å². The summed E-state index contributed by atoms with van der Waals surface area (Å²) in [5.41, 5.74) is 3.96. The van der Waals surface area contributed by atoms with E-state index in [-0.39, 0.29) is 5.70 Å². The quantitative estimate of drug-likeness (QED) is 0.205. The van der Waals surface area contributed by atoms with Crippen molar-refractivity contribution >= 4 is 56.5 Å². The number of cyclic esters (lactones) is 1. The Hall–Kier alpha value is -2.45. The minimum atomic E-state index is -0.469. The van der Waals surface area contributed by atoms with Crippen LogP contribution in [0.2, 0.25) is 0 Å². The van der Waals surface area contributed by atoms with Gasteiger partial charge in [-0.05, 0) is 83.1 Å². The molecule has 0 atom stereocenters. The van der Waals surface area contributed by atoms with E-state index in [1.54, 1.807) is 6.08 Å². The van der Waals surface area contributed by atoms with Crippen molar-refractivity contribution in [3.63, 3.8) is 0 Å². The lowest BCUT2D eigenvalue weighted by Crippen LogP contribution is -2.05. The van der Waals surface area contributed by atoms with E-state index in [0.717, 1.165) is 30.3 Å². The zero-order chi connectivity index (χ0) is 21.1. The van der Waals surface area contributed by atoms with Crippen molar-refractivity contribution in [3.8, 4) is 5.75 Å². The Morgan fingerprint density at radius 2 is 1.87 bits per heavy atom. The molecule has 0 saturated heterocycles. The number of para-hydroxylation sites is 1. The first-order valence-corrected chi connectivity index (χ1v) is 11.1. The highest BCUT2D eigenvalue weighted by Crippen LogP contribution is 2.26. The summed E-state index contributed by atoms with van der Waals surface area (Å²) >= 11 is 5.70. The molecule has 1 aliphatic heterocycles. The monoisotopic (exact) mass is 573 g/mol. The van der Waals surface area contributed by atoms with Crippen molar-refractivity contribution in [2.75, 3.05) is 0 Å². The highest BCUT2D eigenvalue weighted by molar-refractivity contribution is 14.1. The number of benzene rings is 3. The van der Waals surface area contributed by atoms with Gasteiger partial charge in [0.25, 0.3) is 0 Å². The molecule has 3 aromatic carbocycles. The van der Waals surface area contributed by atoms with Gasteiger partial charge < -0.3 is 9.47 Å². The van der Waals surface area contributed by atoms with E-state index >= 15 is 0 Å². The van der Waals surface area contributed by atoms with Crippen LogP contribution in [0.3, 0.4) is 0 Å². The van der Waals surface area contributed by atoms with Gasteiger partial charge in [-0.2, -0.15) is 0 Å². The zero-order valence-corrected chi connectivity index (χ0v) is 19.8. The third kappa shape index (κ3) is 4.82.